The molecule has 6 aromatic carbocycles. The lowest BCUT2D eigenvalue weighted by Gasteiger charge is -2.13. The van der Waals surface area contributed by atoms with Gasteiger partial charge in [0, 0.05) is 7.05 Å². The molecule has 0 saturated heterocycles. The molecule has 0 aliphatic rings. The second-order valence-corrected chi connectivity index (χ2v) is 8.99. The van der Waals surface area contributed by atoms with Crippen molar-refractivity contribution in [2.24, 2.45) is 7.05 Å². The van der Waals surface area contributed by atoms with E-state index >= 15 is 0 Å². The maximum absolute atomic E-state index is 4.47. The summed E-state index contributed by atoms with van der Waals surface area (Å²) < 4.78 is 2.08. The van der Waals surface area contributed by atoms with Gasteiger partial charge in [-0.15, -0.1) is 0 Å². The van der Waals surface area contributed by atoms with Gasteiger partial charge in [0.2, 0.25) is 0 Å². The maximum atomic E-state index is 4.47. The topological polar surface area (TPSA) is 17.8 Å². The highest BCUT2D eigenvalue weighted by Crippen LogP contribution is 2.39. The third-order valence-electron chi connectivity index (χ3n) is 7.00. The van der Waals surface area contributed by atoms with Crippen LogP contribution < -0.4 is 0 Å². The zero-order valence-electron chi connectivity index (χ0n) is 18.9. The minimum atomic E-state index is 1.03. The van der Waals surface area contributed by atoms with Crippen molar-refractivity contribution in [1.29, 1.82) is 0 Å². The van der Waals surface area contributed by atoms with Gasteiger partial charge in [-0.1, -0.05) is 84.9 Å². The van der Waals surface area contributed by atoms with Crippen LogP contribution in [0.1, 0.15) is 0 Å². The van der Waals surface area contributed by atoms with Crippen LogP contribution in [-0.2, 0) is 7.05 Å². The van der Waals surface area contributed by atoms with Crippen molar-refractivity contribution in [2.75, 3.05) is 0 Å². The molecule has 2 heteroatoms. The van der Waals surface area contributed by atoms with Gasteiger partial charge in [-0.3, -0.25) is 0 Å². The zero-order valence-corrected chi connectivity index (χ0v) is 18.9. The molecule has 2 nitrogen and oxygen atoms in total. The third kappa shape index (κ3) is 2.85. The lowest BCUT2D eigenvalue weighted by molar-refractivity contribution is 0.948. The number of rotatable bonds is 2. The number of imidazole rings is 1. The molecule has 0 N–H and O–H groups in total. The van der Waals surface area contributed by atoms with Crippen LogP contribution in [0.5, 0.6) is 0 Å². The van der Waals surface area contributed by atoms with Crippen LogP contribution in [0, 0.1) is 0 Å². The van der Waals surface area contributed by atoms with E-state index in [1.54, 1.807) is 0 Å². The van der Waals surface area contributed by atoms with E-state index in [9.17, 15) is 0 Å². The molecule has 0 aliphatic heterocycles. The lowest BCUT2D eigenvalue weighted by Crippen LogP contribution is -1.87. The molecule has 0 unspecified atom stereocenters. The minimum Gasteiger partial charge on any atom is -0.334 e. The molecule has 1 aromatic heterocycles. The van der Waals surface area contributed by atoms with E-state index in [4.69, 9.17) is 0 Å². The van der Waals surface area contributed by atoms with Crippen molar-refractivity contribution in [3.8, 4) is 22.3 Å². The summed E-state index contributed by atoms with van der Waals surface area (Å²) in [5, 5.41) is 7.76. The summed E-state index contributed by atoms with van der Waals surface area (Å²) in [5.41, 5.74) is 7.10. The monoisotopic (exact) mass is 434 g/mol. The summed E-state index contributed by atoms with van der Waals surface area (Å²) in [6, 6.07) is 39.7. The number of fused-ring (bicyclic) bond motifs is 7. The highest BCUT2D eigenvalue weighted by molar-refractivity contribution is 6.26. The van der Waals surface area contributed by atoms with Gasteiger partial charge >= 0.3 is 0 Å². The van der Waals surface area contributed by atoms with Crippen molar-refractivity contribution in [3.05, 3.63) is 116 Å². The molecule has 34 heavy (non-hydrogen) atoms. The van der Waals surface area contributed by atoms with E-state index in [-0.39, 0.29) is 0 Å². The molecular weight excluding hydrogens is 412 g/mol. The Bertz CT molecular complexity index is 1840. The first-order valence-corrected chi connectivity index (χ1v) is 11.6. The van der Waals surface area contributed by atoms with E-state index in [0.717, 1.165) is 11.0 Å². The van der Waals surface area contributed by atoms with E-state index in [1.807, 2.05) is 13.4 Å². The second kappa shape index (κ2) is 7.29. The van der Waals surface area contributed by atoms with Crippen LogP contribution in [0.2, 0.25) is 0 Å². The SMILES string of the molecule is Cn1cnc2ccc(-c3ccc4c5ccc(-c6ccccc6)cc5c5ccccc5c4c3)cc21. The molecule has 160 valence electrons. The molecule has 0 atom stereocenters. The van der Waals surface area contributed by atoms with Crippen molar-refractivity contribution in [2.45, 2.75) is 0 Å². The standard InChI is InChI=1S/C32H22N2/c1-34-20-33-31-16-13-24(19-32(31)34)23-12-15-28-27-14-11-22(21-7-3-2-4-8-21)17-29(27)25-9-5-6-10-26(25)30(28)18-23/h2-20H,1H3. The summed E-state index contributed by atoms with van der Waals surface area (Å²) in [6.07, 6.45) is 1.87. The van der Waals surface area contributed by atoms with Crippen LogP contribution in [0.3, 0.4) is 0 Å². The van der Waals surface area contributed by atoms with Gasteiger partial charge in [0.1, 0.15) is 0 Å². The Morgan fingerprint density at radius 3 is 1.68 bits per heavy atom. The van der Waals surface area contributed by atoms with Gasteiger partial charge in [-0.2, -0.15) is 0 Å². The first-order valence-electron chi connectivity index (χ1n) is 11.6. The van der Waals surface area contributed by atoms with Crippen LogP contribution in [0.4, 0.5) is 0 Å². The average molecular weight is 435 g/mol. The number of aryl methyl sites for hydroxylation is 1. The van der Waals surface area contributed by atoms with Crippen molar-refractivity contribution in [3.63, 3.8) is 0 Å². The molecule has 0 fully saturated rings. The predicted octanol–water partition coefficient (Wildman–Crippen LogP) is 8.37. The zero-order chi connectivity index (χ0) is 22.6. The molecule has 0 amide bonds. The number of benzene rings is 6. The fraction of sp³-hybridized carbons (Fsp3) is 0.0312. The Hall–Kier alpha value is -4.43. The van der Waals surface area contributed by atoms with Gasteiger partial charge in [-0.05, 0) is 78.8 Å². The van der Waals surface area contributed by atoms with Crippen LogP contribution >= 0.6 is 0 Å². The van der Waals surface area contributed by atoms with Crippen LogP contribution in [0.15, 0.2) is 116 Å². The number of aromatic nitrogens is 2. The Kier molecular flexibility index (Phi) is 4.09. The van der Waals surface area contributed by atoms with Crippen molar-refractivity contribution >= 4 is 43.4 Å². The molecule has 0 radical (unpaired) electrons. The minimum absolute atomic E-state index is 1.03. The third-order valence-corrected chi connectivity index (χ3v) is 7.00. The Morgan fingerprint density at radius 2 is 1.00 bits per heavy atom. The summed E-state index contributed by atoms with van der Waals surface area (Å²) in [6.45, 7) is 0. The molecule has 0 spiro atoms. The van der Waals surface area contributed by atoms with Crippen LogP contribution in [0.25, 0.3) is 65.6 Å². The second-order valence-electron chi connectivity index (χ2n) is 8.99. The van der Waals surface area contributed by atoms with Crippen LogP contribution in [-0.4, -0.2) is 9.55 Å². The fourth-order valence-electron chi connectivity index (χ4n) is 5.25. The molecular formula is C32H22N2. The number of hydrogen-bond donors (Lipinski definition) is 0. The molecule has 7 aromatic rings. The Labute approximate surface area is 197 Å². The van der Waals surface area contributed by atoms with Crippen molar-refractivity contribution in [1.82, 2.24) is 9.55 Å². The van der Waals surface area contributed by atoms with Gasteiger partial charge < -0.3 is 4.57 Å². The Balaban J connectivity index is 1.51. The molecule has 1 heterocycles. The fourth-order valence-corrected chi connectivity index (χ4v) is 5.25. The van der Waals surface area contributed by atoms with E-state index < -0.39 is 0 Å². The van der Waals surface area contributed by atoms with Gasteiger partial charge in [-0.25, -0.2) is 4.98 Å². The smallest absolute Gasteiger partial charge is 0.0955 e. The summed E-state index contributed by atoms with van der Waals surface area (Å²) in [7, 11) is 2.04. The predicted molar refractivity (Wildman–Crippen MR) is 144 cm³/mol. The van der Waals surface area contributed by atoms with Gasteiger partial charge in [0.15, 0.2) is 0 Å². The van der Waals surface area contributed by atoms with E-state index in [2.05, 4.69) is 119 Å². The summed E-state index contributed by atoms with van der Waals surface area (Å²) in [5.74, 6) is 0. The first-order chi connectivity index (χ1) is 16.8. The van der Waals surface area contributed by atoms with Crippen molar-refractivity contribution < 1.29 is 0 Å². The average Bonchev–Trinajstić information content (AvgIpc) is 3.28. The first kappa shape index (κ1) is 19.1. The summed E-state index contributed by atoms with van der Waals surface area (Å²) >= 11 is 0. The maximum Gasteiger partial charge on any atom is 0.0955 e. The highest BCUT2D eigenvalue weighted by atomic mass is 15.0. The molecule has 7 rings (SSSR count). The number of nitrogens with zero attached hydrogens (tertiary/aromatic N) is 2. The van der Waals surface area contributed by atoms with E-state index in [1.165, 1.54) is 54.6 Å². The normalized spacial score (nSPS) is 11.7. The van der Waals surface area contributed by atoms with E-state index in [0.29, 0.717) is 0 Å². The Morgan fingerprint density at radius 1 is 0.471 bits per heavy atom. The van der Waals surface area contributed by atoms with Gasteiger partial charge in [0.25, 0.3) is 0 Å². The van der Waals surface area contributed by atoms with Gasteiger partial charge in [0.05, 0.1) is 17.4 Å². The quantitative estimate of drug-likeness (QED) is 0.250. The molecule has 0 bridgehead atoms. The lowest BCUT2D eigenvalue weighted by atomic mass is 9.90. The largest absolute Gasteiger partial charge is 0.334 e. The number of hydrogen-bond acceptors (Lipinski definition) is 1. The molecule has 0 aliphatic carbocycles. The summed E-state index contributed by atoms with van der Waals surface area (Å²) in [4.78, 5) is 4.47. The highest BCUT2D eigenvalue weighted by Gasteiger charge is 2.12. The molecule has 0 saturated carbocycles.